The number of nitrogens with one attached hydrogen (secondary N) is 1. The molecule has 0 saturated heterocycles. The zero-order chi connectivity index (χ0) is 25.9. The van der Waals surface area contributed by atoms with Crippen LogP contribution in [0.25, 0.3) is 11.3 Å². The number of H-pyrrole nitrogens is 1. The van der Waals surface area contributed by atoms with Gasteiger partial charge in [-0.05, 0) is 48.6 Å². The topological polar surface area (TPSA) is 80.3 Å². The number of amides is 1. The van der Waals surface area contributed by atoms with E-state index in [0.29, 0.717) is 36.3 Å². The maximum Gasteiger partial charge on any atom is 0.273 e. The molecule has 5 rings (SSSR count). The van der Waals surface area contributed by atoms with Crippen LogP contribution in [0.1, 0.15) is 59.1 Å². The molecule has 0 bridgehead atoms. The molecule has 1 unspecified atom stereocenters. The third-order valence-electron chi connectivity index (χ3n) is 6.72. The summed E-state index contributed by atoms with van der Waals surface area (Å²) in [7, 11) is 1.64. The fraction of sp³-hybridized carbons (Fsp3) is 0.300. The Bertz CT molecular complexity index is 1380. The minimum atomic E-state index is -0.351. The number of rotatable bonds is 9. The number of hydrogen-bond acceptors (Lipinski definition) is 5. The molecule has 0 radical (unpaired) electrons. The van der Waals surface area contributed by atoms with Crippen molar-refractivity contribution in [2.24, 2.45) is 5.92 Å². The van der Waals surface area contributed by atoms with Crippen LogP contribution in [0.3, 0.4) is 0 Å². The highest BCUT2D eigenvalue weighted by molar-refractivity contribution is 6.00. The Morgan fingerprint density at radius 1 is 1.08 bits per heavy atom. The molecule has 3 heterocycles. The van der Waals surface area contributed by atoms with Crippen LogP contribution in [0.5, 0.6) is 11.5 Å². The average molecular weight is 497 g/mol. The number of fused-ring (bicyclic) bond motifs is 1. The Labute approximate surface area is 217 Å². The molecule has 1 amide bonds. The van der Waals surface area contributed by atoms with Gasteiger partial charge in [-0.25, -0.2) is 0 Å². The van der Waals surface area contributed by atoms with E-state index in [4.69, 9.17) is 9.47 Å². The van der Waals surface area contributed by atoms with E-state index in [-0.39, 0.29) is 11.9 Å². The van der Waals surface area contributed by atoms with Gasteiger partial charge in [0.1, 0.15) is 5.69 Å². The predicted octanol–water partition coefficient (Wildman–Crippen LogP) is 5.96. The van der Waals surface area contributed by atoms with E-state index < -0.39 is 0 Å². The van der Waals surface area contributed by atoms with Gasteiger partial charge in [-0.3, -0.25) is 14.9 Å². The van der Waals surface area contributed by atoms with Crippen LogP contribution >= 0.6 is 0 Å². The Balaban J connectivity index is 1.58. The third-order valence-corrected chi connectivity index (χ3v) is 6.72. The zero-order valence-corrected chi connectivity index (χ0v) is 21.7. The largest absolute Gasteiger partial charge is 0.493 e. The second kappa shape index (κ2) is 10.5. The van der Waals surface area contributed by atoms with Crippen molar-refractivity contribution in [1.29, 1.82) is 0 Å². The number of aromatic nitrogens is 3. The van der Waals surface area contributed by atoms with Crippen molar-refractivity contribution < 1.29 is 14.3 Å². The Hall–Kier alpha value is -4.13. The van der Waals surface area contributed by atoms with Gasteiger partial charge < -0.3 is 14.4 Å². The first-order valence-corrected chi connectivity index (χ1v) is 12.6. The van der Waals surface area contributed by atoms with Gasteiger partial charge in [-0.2, -0.15) is 5.10 Å². The number of carbonyl (C=O) groups is 1. The highest BCUT2D eigenvalue weighted by Gasteiger charge is 2.42. The van der Waals surface area contributed by atoms with Crippen LogP contribution in [-0.4, -0.2) is 39.7 Å². The summed E-state index contributed by atoms with van der Waals surface area (Å²) in [6.07, 6.45) is 4.49. The maximum absolute atomic E-state index is 13.7. The number of benzene rings is 2. The van der Waals surface area contributed by atoms with Crippen molar-refractivity contribution in [2.75, 3.05) is 13.7 Å². The van der Waals surface area contributed by atoms with Crippen molar-refractivity contribution in [3.63, 3.8) is 0 Å². The van der Waals surface area contributed by atoms with Gasteiger partial charge in [-0.15, -0.1) is 0 Å². The van der Waals surface area contributed by atoms with Crippen LogP contribution in [0.2, 0.25) is 0 Å². The zero-order valence-electron chi connectivity index (χ0n) is 21.7. The van der Waals surface area contributed by atoms with Crippen molar-refractivity contribution in [3.05, 3.63) is 94.9 Å². The summed E-state index contributed by atoms with van der Waals surface area (Å²) in [6.45, 7) is 7.43. The Morgan fingerprint density at radius 3 is 2.59 bits per heavy atom. The molecule has 0 spiro atoms. The molecule has 0 saturated carbocycles. The minimum Gasteiger partial charge on any atom is -0.493 e. The number of aryl methyl sites for hydroxylation is 1. The molecule has 1 atom stereocenters. The molecule has 7 heteroatoms. The standard InChI is InChI=1S/C30H32N4O3/c1-19(2)13-15-37-24-12-11-23(16-25(24)36-4)29-26-27(22-9-7-20(3)8-10-22)32-33-28(26)30(35)34(29)18-21-6-5-14-31-17-21/h5-12,14,16-17,19,29H,13,15,18H2,1-4H3,(H,32,33). The molecule has 0 aliphatic carbocycles. The first-order valence-electron chi connectivity index (χ1n) is 12.6. The fourth-order valence-corrected chi connectivity index (χ4v) is 4.70. The lowest BCUT2D eigenvalue weighted by Crippen LogP contribution is -2.29. The van der Waals surface area contributed by atoms with Gasteiger partial charge in [0, 0.05) is 30.1 Å². The number of pyridine rings is 1. The molecule has 4 aromatic rings. The smallest absolute Gasteiger partial charge is 0.273 e. The molecule has 1 aliphatic rings. The summed E-state index contributed by atoms with van der Waals surface area (Å²) >= 11 is 0. The highest BCUT2D eigenvalue weighted by Crippen LogP contribution is 2.45. The van der Waals surface area contributed by atoms with Crippen LogP contribution in [-0.2, 0) is 6.54 Å². The number of nitrogens with zero attached hydrogens (tertiary/aromatic N) is 3. The predicted molar refractivity (Wildman–Crippen MR) is 143 cm³/mol. The highest BCUT2D eigenvalue weighted by atomic mass is 16.5. The molecule has 37 heavy (non-hydrogen) atoms. The summed E-state index contributed by atoms with van der Waals surface area (Å²) < 4.78 is 11.7. The molecule has 1 aliphatic heterocycles. The summed E-state index contributed by atoms with van der Waals surface area (Å²) in [5.41, 5.74) is 6.17. The fourth-order valence-electron chi connectivity index (χ4n) is 4.70. The quantitative estimate of drug-likeness (QED) is 0.309. The van der Waals surface area contributed by atoms with E-state index in [1.165, 1.54) is 5.56 Å². The molecule has 7 nitrogen and oxygen atoms in total. The van der Waals surface area contributed by atoms with Crippen LogP contribution < -0.4 is 9.47 Å². The first kappa shape index (κ1) is 24.6. The Kier molecular flexibility index (Phi) is 6.95. The molecule has 1 N–H and O–H groups in total. The SMILES string of the molecule is COc1cc(C2c3c(-c4ccc(C)cc4)n[nH]c3C(=O)N2Cc2cccnc2)ccc1OCCC(C)C. The van der Waals surface area contributed by atoms with E-state index in [1.807, 2.05) is 47.4 Å². The van der Waals surface area contributed by atoms with Gasteiger partial charge in [0.25, 0.3) is 5.91 Å². The number of ether oxygens (including phenoxy) is 2. The third kappa shape index (κ3) is 4.94. The molecule has 2 aromatic heterocycles. The lowest BCUT2D eigenvalue weighted by atomic mass is 9.95. The van der Waals surface area contributed by atoms with Gasteiger partial charge in [-0.1, -0.05) is 55.8 Å². The van der Waals surface area contributed by atoms with Crippen molar-refractivity contribution in [2.45, 2.75) is 39.8 Å². The van der Waals surface area contributed by atoms with Crippen LogP contribution in [0.4, 0.5) is 0 Å². The van der Waals surface area contributed by atoms with Crippen LogP contribution in [0.15, 0.2) is 67.0 Å². The van der Waals surface area contributed by atoms with E-state index >= 15 is 0 Å². The molecular formula is C30H32N4O3. The Morgan fingerprint density at radius 2 is 1.89 bits per heavy atom. The number of aromatic amines is 1. The average Bonchev–Trinajstić information content (AvgIpc) is 3.44. The van der Waals surface area contributed by atoms with E-state index in [0.717, 1.165) is 34.4 Å². The molecule has 190 valence electrons. The number of carbonyl (C=O) groups excluding carboxylic acids is 1. The van der Waals surface area contributed by atoms with Crippen molar-refractivity contribution >= 4 is 5.91 Å². The van der Waals surface area contributed by atoms with Crippen LogP contribution in [0, 0.1) is 12.8 Å². The first-order chi connectivity index (χ1) is 18.0. The maximum atomic E-state index is 13.7. The summed E-state index contributed by atoms with van der Waals surface area (Å²) in [5, 5.41) is 7.61. The lowest BCUT2D eigenvalue weighted by Gasteiger charge is -2.27. The van der Waals surface area contributed by atoms with E-state index in [2.05, 4.69) is 48.1 Å². The van der Waals surface area contributed by atoms with Gasteiger partial charge in [0.2, 0.25) is 0 Å². The van der Waals surface area contributed by atoms with Crippen molar-refractivity contribution in [1.82, 2.24) is 20.1 Å². The number of hydrogen-bond donors (Lipinski definition) is 1. The monoisotopic (exact) mass is 496 g/mol. The second-order valence-corrected chi connectivity index (χ2v) is 9.87. The normalized spacial score (nSPS) is 14.8. The lowest BCUT2D eigenvalue weighted by molar-refractivity contribution is 0.0729. The van der Waals surface area contributed by atoms with E-state index in [9.17, 15) is 4.79 Å². The molecule has 0 fully saturated rings. The minimum absolute atomic E-state index is 0.0917. The summed E-state index contributed by atoms with van der Waals surface area (Å²) in [4.78, 5) is 19.8. The number of methoxy groups -OCH3 is 1. The van der Waals surface area contributed by atoms with E-state index in [1.54, 1.807) is 19.5 Å². The molecular weight excluding hydrogens is 464 g/mol. The second-order valence-electron chi connectivity index (χ2n) is 9.87. The van der Waals surface area contributed by atoms with Gasteiger partial charge >= 0.3 is 0 Å². The van der Waals surface area contributed by atoms with Gasteiger partial charge in [0.15, 0.2) is 11.5 Å². The van der Waals surface area contributed by atoms with Crippen molar-refractivity contribution in [3.8, 4) is 22.8 Å². The summed E-state index contributed by atoms with van der Waals surface area (Å²) in [6, 6.07) is 17.6. The summed E-state index contributed by atoms with van der Waals surface area (Å²) in [5.74, 6) is 1.80. The molecule has 2 aromatic carbocycles. The van der Waals surface area contributed by atoms with Gasteiger partial charge in [0.05, 0.1) is 25.5 Å².